The molecule has 1 aromatic rings. The molecule has 1 rings (SSSR count). The van der Waals surface area contributed by atoms with Gasteiger partial charge >= 0.3 is 0 Å². The van der Waals surface area contributed by atoms with E-state index in [1.165, 1.54) is 16.7 Å². The van der Waals surface area contributed by atoms with Crippen LogP contribution in [0.2, 0.25) is 0 Å². The summed E-state index contributed by atoms with van der Waals surface area (Å²) in [7, 11) is 0. The first-order valence-corrected chi connectivity index (χ1v) is 6.92. The number of hydrogen-bond acceptors (Lipinski definition) is 1. The van der Waals surface area contributed by atoms with E-state index < -0.39 is 0 Å². The Hall–Kier alpha value is -1.31. The first-order valence-electron chi connectivity index (χ1n) is 6.92. The van der Waals surface area contributed by atoms with E-state index in [9.17, 15) is 4.79 Å². The number of rotatable bonds is 6. The minimum Gasteiger partial charge on any atom is -0.338 e. The SMILES string of the molecule is CCCC(=O)N(CCC)Cc1ccc(C)c(C)c1. The van der Waals surface area contributed by atoms with Crippen LogP contribution in [0.25, 0.3) is 0 Å². The molecule has 0 atom stereocenters. The topological polar surface area (TPSA) is 20.3 Å². The monoisotopic (exact) mass is 247 g/mol. The Bertz CT molecular complexity index is 398. The summed E-state index contributed by atoms with van der Waals surface area (Å²) < 4.78 is 0. The number of carbonyl (C=O) groups excluding carboxylic acids is 1. The molecule has 100 valence electrons. The van der Waals surface area contributed by atoms with Gasteiger partial charge in [0.1, 0.15) is 0 Å². The van der Waals surface area contributed by atoms with E-state index in [0.29, 0.717) is 6.42 Å². The maximum Gasteiger partial charge on any atom is 0.222 e. The minimum atomic E-state index is 0.276. The zero-order chi connectivity index (χ0) is 13.5. The number of hydrogen-bond donors (Lipinski definition) is 0. The van der Waals surface area contributed by atoms with Crippen LogP contribution in [0.5, 0.6) is 0 Å². The van der Waals surface area contributed by atoms with Crippen molar-refractivity contribution < 1.29 is 4.79 Å². The highest BCUT2D eigenvalue weighted by atomic mass is 16.2. The molecule has 0 fully saturated rings. The molecule has 2 nitrogen and oxygen atoms in total. The lowest BCUT2D eigenvalue weighted by molar-refractivity contribution is -0.131. The van der Waals surface area contributed by atoms with Crippen molar-refractivity contribution in [3.05, 3.63) is 34.9 Å². The molecular formula is C16H25NO. The molecule has 0 heterocycles. The van der Waals surface area contributed by atoms with Crippen LogP contribution in [-0.4, -0.2) is 17.4 Å². The third kappa shape index (κ3) is 4.17. The molecule has 0 N–H and O–H groups in total. The Morgan fingerprint density at radius 2 is 1.83 bits per heavy atom. The Balaban J connectivity index is 2.76. The number of carbonyl (C=O) groups is 1. The fourth-order valence-corrected chi connectivity index (χ4v) is 2.06. The van der Waals surface area contributed by atoms with E-state index in [1.807, 2.05) is 4.90 Å². The standard InChI is InChI=1S/C16H25NO/c1-5-7-16(18)17(10-6-2)12-15-9-8-13(3)14(4)11-15/h8-9,11H,5-7,10,12H2,1-4H3. The van der Waals surface area contributed by atoms with Crippen molar-refractivity contribution in [3.63, 3.8) is 0 Å². The van der Waals surface area contributed by atoms with Gasteiger partial charge < -0.3 is 4.90 Å². The highest BCUT2D eigenvalue weighted by Gasteiger charge is 2.12. The van der Waals surface area contributed by atoms with Crippen LogP contribution in [-0.2, 0) is 11.3 Å². The predicted octanol–water partition coefficient (Wildman–Crippen LogP) is 3.84. The highest BCUT2D eigenvalue weighted by Crippen LogP contribution is 2.13. The predicted molar refractivity (Wildman–Crippen MR) is 76.5 cm³/mol. The lowest BCUT2D eigenvalue weighted by atomic mass is 10.1. The summed E-state index contributed by atoms with van der Waals surface area (Å²) in [4.78, 5) is 14.0. The molecular weight excluding hydrogens is 222 g/mol. The number of amides is 1. The van der Waals surface area contributed by atoms with Gasteiger partial charge in [0.2, 0.25) is 5.91 Å². The van der Waals surface area contributed by atoms with E-state index >= 15 is 0 Å². The van der Waals surface area contributed by atoms with Crippen molar-refractivity contribution in [1.29, 1.82) is 0 Å². The van der Waals surface area contributed by atoms with Gasteiger partial charge in [-0.2, -0.15) is 0 Å². The molecule has 0 aliphatic heterocycles. The molecule has 0 unspecified atom stereocenters. The van der Waals surface area contributed by atoms with Crippen molar-refractivity contribution in [3.8, 4) is 0 Å². The third-order valence-electron chi connectivity index (χ3n) is 3.25. The second-order valence-electron chi connectivity index (χ2n) is 4.98. The van der Waals surface area contributed by atoms with Crippen LogP contribution < -0.4 is 0 Å². The molecule has 0 aliphatic carbocycles. The molecule has 0 spiro atoms. The Kier molecular flexibility index (Phi) is 5.90. The summed E-state index contributed by atoms with van der Waals surface area (Å²) in [6.45, 7) is 10.0. The first kappa shape index (κ1) is 14.7. The van der Waals surface area contributed by atoms with Crippen molar-refractivity contribution in [2.75, 3.05) is 6.54 Å². The first-order chi connectivity index (χ1) is 8.58. The van der Waals surface area contributed by atoms with Crippen LogP contribution in [0.4, 0.5) is 0 Å². The smallest absolute Gasteiger partial charge is 0.222 e. The fourth-order valence-electron chi connectivity index (χ4n) is 2.06. The zero-order valence-corrected chi connectivity index (χ0v) is 12.1. The third-order valence-corrected chi connectivity index (χ3v) is 3.25. The average Bonchev–Trinajstić information content (AvgIpc) is 2.33. The van der Waals surface area contributed by atoms with Gasteiger partial charge in [0.15, 0.2) is 0 Å². The largest absolute Gasteiger partial charge is 0.338 e. The van der Waals surface area contributed by atoms with Crippen LogP contribution >= 0.6 is 0 Å². The van der Waals surface area contributed by atoms with Crippen LogP contribution in [0.3, 0.4) is 0 Å². The molecule has 2 heteroatoms. The number of aryl methyl sites for hydroxylation is 2. The Labute approximate surface area is 111 Å². The lowest BCUT2D eigenvalue weighted by Crippen LogP contribution is -2.31. The second kappa shape index (κ2) is 7.20. The van der Waals surface area contributed by atoms with E-state index in [2.05, 4.69) is 45.9 Å². The van der Waals surface area contributed by atoms with Crippen molar-refractivity contribution in [1.82, 2.24) is 4.90 Å². The summed E-state index contributed by atoms with van der Waals surface area (Å²) >= 11 is 0. The molecule has 1 amide bonds. The zero-order valence-electron chi connectivity index (χ0n) is 12.1. The van der Waals surface area contributed by atoms with Gasteiger partial charge in [-0.25, -0.2) is 0 Å². The van der Waals surface area contributed by atoms with Crippen molar-refractivity contribution in [2.24, 2.45) is 0 Å². The second-order valence-corrected chi connectivity index (χ2v) is 4.98. The maximum atomic E-state index is 12.0. The van der Waals surface area contributed by atoms with Crippen LogP contribution in [0.15, 0.2) is 18.2 Å². The quantitative estimate of drug-likeness (QED) is 0.748. The maximum absolute atomic E-state index is 12.0. The van der Waals surface area contributed by atoms with Gasteiger partial charge in [-0.3, -0.25) is 4.79 Å². The summed E-state index contributed by atoms with van der Waals surface area (Å²) in [5.41, 5.74) is 3.84. The summed E-state index contributed by atoms with van der Waals surface area (Å²) in [6.07, 6.45) is 2.59. The van der Waals surface area contributed by atoms with Gasteiger partial charge in [0.05, 0.1) is 0 Å². The van der Waals surface area contributed by atoms with Gasteiger partial charge in [-0.15, -0.1) is 0 Å². The molecule has 18 heavy (non-hydrogen) atoms. The Morgan fingerprint density at radius 1 is 1.11 bits per heavy atom. The molecule has 0 saturated carbocycles. The van der Waals surface area contributed by atoms with Crippen molar-refractivity contribution in [2.45, 2.75) is 53.5 Å². The molecule has 0 bridgehead atoms. The van der Waals surface area contributed by atoms with E-state index in [0.717, 1.165) is 25.9 Å². The molecule has 0 aromatic heterocycles. The Morgan fingerprint density at radius 3 is 2.39 bits per heavy atom. The molecule has 0 saturated heterocycles. The van der Waals surface area contributed by atoms with E-state index in [4.69, 9.17) is 0 Å². The molecule has 1 aromatic carbocycles. The van der Waals surface area contributed by atoms with E-state index in [-0.39, 0.29) is 5.91 Å². The van der Waals surface area contributed by atoms with Crippen LogP contribution in [0, 0.1) is 13.8 Å². The van der Waals surface area contributed by atoms with Gasteiger partial charge in [-0.05, 0) is 43.4 Å². The fraction of sp³-hybridized carbons (Fsp3) is 0.562. The van der Waals surface area contributed by atoms with Crippen molar-refractivity contribution >= 4 is 5.91 Å². The lowest BCUT2D eigenvalue weighted by Gasteiger charge is -2.22. The molecule has 0 aliphatic rings. The summed E-state index contributed by atoms with van der Waals surface area (Å²) in [6, 6.07) is 6.46. The van der Waals surface area contributed by atoms with Gasteiger partial charge in [-0.1, -0.05) is 32.0 Å². The normalized spacial score (nSPS) is 10.4. The average molecular weight is 247 g/mol. The summed E-state index contributed by atoms with van der Waals surface area (Å²) in [5.74, 6) is 0.276. The highest BCUT2D eigenvalue weighted by molar-refractivity contribution is 5.76. The van der Waals surface area contributed by atoms with Crippen LogP contribution in [0.1, 0.15) is 49.8 Å². The minimum absolute atomic E-state index is 0.276. The molecule has 0 radical (unpaired) electrons. The number of nitrogens with zero attached hydrogens (tertiary/aromatic N) is 1. The van der Waals surface area contributed by atoms with Gasteiger partial charge in [0, 0.05) is 19.5 Å². The number of benzene rings is 1. The summed E-state index contributed by atoms with van der Waals surface area (Å²) in [5, 5.41) is 0. The van der Waals surface area contributed by atoms with Gasteiger partial charge in [0.25, 0.3) is 0 Å². The van der Waals surface area contributed by atoms with E-state index in [1.54, 1.807) is 0 Å².